The zero-order valence-corrected chi connectivity index (χ0v) is 22.2. The van der Waals surface area contributed by atoms with E-state index in [-0.39, 0.29) is 17.7 Å². The predicted molar refractivity (Wildman–Crippen MR) is 145 cm³/mol. The number of benzene rings is 2. The van der Waals surface area contributed by atoms with Crippen LogP contribution < -0.4 is 5.32 Å². The zero-order valence-electron chi connectivity index (χ0n) is 21.5. The van der Waals surface area contributed by atoms with Gasteiger partial charge in [0, 0.05) is 25.1 Å². The summed E-state index contributed by atoms with van der Waals surface area (Å²) in [4.78, 5) is 32.1. The quantitative estimate of drug-likeness (QED) is 0.132. The highest BCUT2D eigenvalue weighted by atomic mass is 35.5. The van der Waals surface area contributed by atoms with E-state index in [0.29, 0.717) is 43.9 Å². The Bertz CT molecular complexity index is 1390. The molecule has 1 amide bonds. The summed E-state index contributed by atoms with van der Waals surface area (Å²) in [5.74, 6) is 0.929. The van der Waals surface area contributed by atoms with E-state index in [1.165, 1.54) is 0 Å². The largest absolute Gasteiger partial charge is 0.351 e. The first-order valence-electron chi connectivity index (χ1n) is 12.7. The van der Waals surface area contributed by atoms with E-state index in [1.54, 1.807) is 0 Å². The maximum absolute atomic E-state index is 13.1. The molecule has 2 aromatic heterocycles. The van der Waals surface area contributed by atoms with Crippen LogP contribution >= 0.6 is 11.6 Å². The molecular formula is C26H29ClN8O4. The molecule has 0 aliphatic rings. The smallest absolute Gasteiger partial charge is 0.294 e. The van der Waals surface area contributed by atoms with Crippen molar-refractivity contribution in [3.63, 3.8) is 0 Å². The monoisotopic (exact) mass is 552 g/mol. The topological polar surface area (TPSA) is 154 Å². The van der Waals surface area contributed by atoms with E-state index in [1.807, 2.05) is 53.1 Å². The molecular weight excluding hydrogens is 524 g/mol. The molecule has 0 fully saturated rings. The number of rotatable bonds is 14. The SMILES string of the molecule is CCCCc1nc(Cl)c(C(=O)NCCCCO[N+](=O)[O-])n1Cc1ccc(-c2ccccc2-c2nn[nH]n2)cc1. The summed E-state index contributed by atoms with van der Waals surface area (Å²) in [5, 5.41) is 26.8. The maximum atomic E-state index is 13.1. The van der Waals surface area contributed by atoms with Crippen molar-refractivity contribution >= 4 is 17.5 Å². The Hall–Kier alpha value is -4.32. The van der Waals surface area contributed by atoms with E-state index >= 15 is 0 Å². The van der Waals surface area contributed by atoms with Crippen molar-refractivity contribution in [3.8, 4) is 22.5 Å². The lowest BCUT2D eigenvalue weighted by Crippen LogP contribution is -2.28. The summed E-state index contributed by atoms with van der Waals surface area (Å²) < 4.78 is 1.87. The van der Waals surface area contributed by atoms with Gasteiger partial charge >= 0.3 is 0 Å². The van der Waals surface area contributed by atoms with Gasteiger partial charge in [0.1, 0.15) is 11.5 Å². The normalized spacial score (nSPS) is 10.9. The molecule has 0 saturated heterocycles. The Morgan fingerprint density at radius 3 is 2.59 bits per heavy atom. The molecule has 2 aromatic carbocycles. The summed E-state index contributed by atoms with van der Waals surface area (Å²) >= 11 is 6.45. The van der Waals surface area contributed by atoms with E-state index in [4.69, 9.17) is 11.6 Å². The van der Waals surface area contributed by atoms with Gasteiger partial charge in [-0.25, -0.2) is 4.98 Å². The molecule has 204 valence electrons. The number of hydrogen-bond donors (Lipinski definition) is 2. The van der Waals surface area contributed by atoms with E-state index in [0.717, 1.165) is 40.9 Å². The third-order valence-corrected chi connectivity index (χ3v) is 6.41. The Morgan fingerprint density at radius 2 is 1.90 bits per heavy atom. The van der Waals surface area contributed by atoms with E-state index < -0.39 is 5.09 Å². The average Bonchev–Trinajstić information content (AvgIpc) is 3.58. The molecule has 0 unspecified atom stereocenters. The maximum Gasteiger partial charge on any atom is 0.294 e. The highest BCUT2D eigenvalue weighted by Crippen LogP contribution is 2.30. The highest BCUT2D eigenvalue weighted by molar-refractivity contribution is 6.32. The number of imidazole rings is 1. The lowest BCUT2D eigenvalue weighted by atomic mass is 9.98. The number of nitrogens with zero attached hydrogens (tertiary/aromatic N) is 6. The van der Waals surface area contributed by atoms with Gasteiger partial charge in [-0.2, -0.15) is 5.21 Å². The molecule has 2 N–H and O–H groups in total. The number of nitrogens with one attached hydrogen (secondary N) is 2. The molecule has 0 spiro atoms. The Labute approximate surface area is 229 Å². The minimum atomic E-state index is -0.825. The molecule has 0 aliphatic carbocycles. The fourth-order valence-electron chi connectivity index (χ4n) is 4.21. The second-order valence-corrected chi connectivity index (χ2v) is 9.21. The molecule has 0 bridgehead atoms. The van der Waals surface area contributed by atoms with Crippen molar-refractivity contribution in [2.45, 2.75) is 45.6 Å². The van der Waals surface area contributed by atoms with Crippen LogP contribution in [0.3, 0.4) is 0 Å². The predicted octanol–water partition coefficient (Wildman–Crippen LogP) is 4.49. The van der Waals surface area contributed by atoms with Crippen molar-refractivity contribution in [1.29, 1.82) is 0 Å². The van der Waals surface area contributed by atoms with Crippen LogP contribution in [0.1, 0.15) is 54.5 Å². The van der Waals surface area contributed by atoms with Crippen molar-refractivity contribution in [3.05, 3.63) is 80.9 Å². The summed E-state index contributed by atoms with van der Waals surface area (Å²) in [6, 6.07) is 15.9. The van der Waals surface area contributed by atoms with Gasteiger partial charge in [0.25, 0.3) is 11.0 Å². The molecule has 0 saturated carbocycles. The van der Waals surface area contributed by atoms with E-state index in [2.05, 4.69) is 42.7 Å². The molecule has 39 heavy (non-hydrogen) atoms. The summed E-state index contributed by atoms with van der Waals surface area (Å²) in [5.41, 5.74) is 4.12. The Kier molecular flexibility index (Phi) is 9.57. The van der Waals surface area contributed by atoms with Crippen LogP contribution in [0.15, 0.2) is 48.5 Å². The van der Waals surface area contributed by atoms with Gasteiger partial charge < -0.3 is 14.7 Å². The number of aromatic nitrogens is 6. The molecule has 12 nitrogen and oxygen atoms in total. The first-order chi connectivity index (χ1) is 19.0. The van der Waals surface area contributed by atoms with Crippen molar-refractivity contribution in [2.24, 2.45) is 0 Å². The van der Waals surface area contributed by atoms with E-state index in [9.17, 15) is 14.9 Å². The number of aryl methyl sites for hydroxylation is 1. The molecule has 2 heterocycles. The second-order valence-electron chi connectivity index (χ2n) is 8.85. The molecule has 0 radical (unpaired) electrons. The Balaban J connectivity index is 1.51. The third kappa shape index (κ3) is 7.17. The number of H-pyrrole nitrogens is 1. The minimum absolute atomic E-state index is 0.0156. The fraction of sp³-hybridized carbons (Fsp3) is 0.346. The van der Waals surface area contributed by atoms with Crippen molar-refractivity contribution < 1.29 is 14.7 Å². The van der Waals surface area contributed by atoms with Crippen LogP contribution in [-0.2, 0) is 17.8 Å². The summed E-state index contributed by atoms with van der Waals surface area (Å²) in [7, 11) is 0. The van der Waals surface area contributed by atoms with Gasteiger partial charge in [0.2, 0.25) is 5.82 Å². The fourth-order valence-corrected chi connectivity index (χ4v) is 4.49. The van der Waals surface area contributed by atoms with Crippen LogP contribution in [-0.4, -0.2) is 54.3 Å². The number of carbonyl (C=O) groups excluding carboxylic acids is 1. The Morgan fingerprint density at radius 1 is 1.13 bits per heavy atom. The number of halogens is 1. The van der Waals surface area contributed by atoms with Gasteiger partial charge in [0.15, 0.2) is 5.15 Å². The molecule has 13 heteroatoms. The second kappa shape index (κ2) is 13.5. The van der Waals surface area contributed by atoms with Crippen LogP contribution in [0.4, 0.5) is 0 Å². The number of tetrazole rings is 1. The van der Waals surface area contributed by atoms with Gasteiger partial charge in [-0.1, -0.05) is 73.5 Å². The first-order valence-corrected chi connectivity index (χ1v) is 13.1. The summed E-state index contributed by atoms with van der Waals surface area (Å²) in [6.07, 6.45) is 3.56. The van der Waals surface area contributed by atoms with Crippen LogP contribution in [0.25, 0.3) is 22.5 Å². The summed E-state index contributed by atoms with van der Waals surface area (Å²) in [6.45, 7) is 2.83. The number of amides is 1. The van der Waals surface area contributed by atoms with Gasteiger partial charge in [-0.3, -0.25) is 4.79 Å². The molecule has 0 aliphatic heterocycles. The zero-order chi connectivity index (χ0) is 27.6. The molecule has 4 aromatic rings. The number of hydrogen-bond acceptors (Lipinski definition) is 8. The minimum Gasteiger partial charge on any atom is -0.351 e. The highest BCUT2D eigenvalue weighted by Gasteiger charge is 2.22. The number of unbranched alkanes of at least 4 members (excludes halogenated alkanes) is 2. The third-order valence-electron chi connectivity index (χ3n) is 6.15. The van der Waals surface area contributed by atoms with Crippen LogP contribution in [0.5, 0.6) is 0 Å². The number of carbonyl (C=O) groups is 1. The van der Waals surface area contributed by atoms with Crippen LogP contribution in [0, 0.1) is 10.1 Å². The number of aromatic amines is 1. The van der Waals surface area contributed by atoms with Gasteiger partial charge in [-0.15, -0.1) is 20.3 Å². The standard InChI is InChI=1S/C26H29ClN8O4/c1-2-3-10-22-29-24(27)23(26(36)28-15-6-7-16-39-35(37)38)34(22)17-18-11-13-19(14-12-18)20-8-4-5-9-21(20)25-30-32-33-31-25/h4-5,8-9,11-14H,2-3,6-7,10,15-17H2,1H3,(H,28,36)(H,30,31,32,33). The van der Waals surface area contributed by atoms with Crippen molar-refractivity contribution in [2.75, 3.05) is 13.2 Å². The molecule has 4 rings (SSSR count). The van der Waals surface area contributed by atoms with Gasteiger partial charge in [-0.05, 0) is 41.2 Å². The first kappa shape index (κ1) is 27.7. The average molecular weight is 553 g/mol. The van der Waals surface area contributed by atoms with Crippen molar-refractivity contribution in [1.82, 2.24) is 35.5 Å². The van der Waals surface area contributed by atoms with Gasteiger partial charge in [0.05, 0.1) is 6.61 Å². The lowest BCUT2D eigenvalue weighted by Gasteiger charge is -2.13. The lowest BCUT2D eigenvalue weighted by molar-refractivity contribution is -0.757. The van der Waals surface area contributed by atoms with Crippen LogP contribution in [0.2, 0.25) is 5.15 Å². The molecule has 0 atom stereocenters.